The van der Waals surface area contributed by atoms with Crippen LogP contribution in [0.25, 0.3) is 0 Å². The fraction of sp³-hybridized carbons (Fsp3) is 0. The topological polar surface area (TPSA) is 159 Å². The van der Waals surface area contributed by atoms with E-state index in [4.69, 9.17) is 19.2 Å². The molecule has 58 valence electrons. The summed E-state index contributed by atoms with van der Waals surface area (Å²) in [4.78, 5) is 25.6. The maximum Gasteiger partial charge on any atom is 1.00 e. The summed E-state index contributed by atoms with van der Waals surface area (Å²) in [5.41, 5.74) is 0. The van der Waals surface area contributed by atoms with Crippen molar-refractivity contribution in [2.75, 3.05) is 0 Å². The average molecular weight is 195 g/mol. The molecule has 0 aliphatic heterocycles. The van der Waals surface area contributed by atoms with E-state index in [-0.39, 0.29) is 29.4 Å². The molecule has 0 heterocycles. The third-order valence-electron chi connectivity index (χ3n) is 0. The van der Waals surface area contributed by atoms with Crippen LogP contribution in [0.2, 0.25) is 0 Å². The van der Waals surface area contributed by atoms with E-state index in [0.29, 0.717) is 0 Å². The summed E-state index contributed by atoms with van der Waals surface area (Å²) in [6.45, 7) is 0. The first-order chi connectivity index (χ1) is 2.00. The summed E-state index contributed by atoms with van der Waals surface area (Å²) in [5.74, 6) is 0. The summed E-state index contributed by atoms with van der Waals surface area (Å²) in [7, 11) is -5.39. The second-order valence-electron chi connectivity index (χ2n) is 0.447. The third-order valence-corrected chi connectivity index (χ3v) is 0. The summed E-state index contributed by atoms with van der Waals surface area (Å²) in [5, 5.41) is 0. The van der Waals surface area contributed by atoms with Crippen LogP contribution < -0.4 is 27.0 Å². The van der Waals surface area contributed by atoms with Gasteiger partial charge in [0, 0.05) is 0 Å². The van der Waals surface area contributed by atoms with E-state index in [1.165, 1.54) is 0 Å². The minimum atomic E-state index is -5.39. The van der Waals surface area contributed by atoms with Gasteiger partial charge >= 0.3 is 17.1 Å². The van der Waals surface area contributed by atoms with Gasteiger partial charge in [-0.25, -0.2) is 0 Å². The van der Waals surface area contributed by atoms with Gasteiger partial charge in [0.2, 0.25) is 0 Å². The Morgan fingerprint density at radius 3 is 1.00 bits per heavy atom. The summed E-state index contributed by atoms with van der Waals surface area (Å²) in [6.07, 6.45) is 0. The molecule has 8 N–H and O–H groups in total. The van der Waals surface area contributed by atoms with Crippen molar-refractivity contribution in [3.8, 4) is 0 Å². The van der Waals surface area contributed by atoms with Crippen molar-refractivity contribution in [2.45, 2.75) is 0 Å². The van der Waals surface area contributed by atoms with E-state index in [1.54, 1.807) is 0 Å². The zero-order chi connectivity index (χ0) is 4.50. The van der Waals surface area contributed by atoms with Gasteiger partial charge in [0.15, 0.2) is 0 Å². The van der Waals surface area contributed by atoms with Gasteiger partial charge < -0.3 is 31.5 Å². The summed E-state index contributed by atoms with van der Waals surface area (Å²) >= 11 is 0. The molecule has 8 heavy (non-hydrogen) atoms. The molecule has 8 heteroatoms. The molecule has 0 amide bonds. The van der Waals surface area contributed by atoms with Crippen molar-refractivity contribution < 1.29 is 36.3 Å². The van der Waals surface area contributed by atoms with Crippen LogP contribution in [0.1, 0.15) is 0 Å². The van der Waals surface area contributed by atoms with E-state index < -0.39 is 7.82 Å². The molecule has 0 radical (unpaired) electrons. The van der Waals surface area contributed by atoms with Crippen molar-refractivity contribution in [3.63, 3.8) is 0 Å². The van der Waals surface area contributed by atoms with Crippen LogP contribution in [0.3, 0.4) is 0 Å². The number of quaternary nitrogens is 2. The van der Waals surface area contributed by atoms with Crippen LogP contribution in [0.15, 0.2) is 0 Å². The zero-order valence-electron chi connectivity index (χ0n) is 4.38. The van der Waals surface area contributed by atoms with Gasteiger partial charge in [-0.2, -0.15) is 7.82 Å². The number of hydrogen-bond donors (Lipinski definition) is 2. The van der Waals surface area contributed by atoms with Crippen LogP contribution in [-0.2, 0) is 21.6 Å². The van der Waals surface area contributed by atoms with Crippen LogP contribution in [0, 0.1) is 0 Å². The fourth-order valence-electron chi connectivity index (χ4n) is 0. The van der Waals surface area contributed by atoms with Crippen molar-refractivity contribution in [1.29, 1.82) is 0 Å². The molecule has 0 aliphatic rings. The molecular weight excluding hydrogens is 187 g/mol. The van der Waals surface area contributed by atoms with Gasteiger partial charge in [0.05, 0.1) is 0 Å². The minimum absolute atomic E-state index is 0. The van der Waals surface area contributed by atoms with Crippen LogP contribution >= 0.6 is 7.82 Å². The molecule has 0 saturated carbocycles. The molecular formula is H8CuN2O4P. The Bertz CT molecular complexity index is 60.2. The molecule has 0 unspecified atom stereocenters. The van der Waals surface area contributed by atoms with Gasteiger partial charge in [-0.15, -0.1) is 0 Å². The maximum atomic E-state index is 8.55. The Kier molecular flexibility index (Phi) is 22.2. The Labute approximate surface area is 57.2 Å². The first-order valence-corrected chi connectivity index (χ1v) is 2.19. The third kappa shape index (κ3) is 668. The molecule has 0 fully saturated rings. The fourth-order valence-corrected chi connectivity index (χ4v) is 0. The van der Waals surface area contributed by atoms with Gasteiger partial charge in [0.25, 0.3) is 0 Å². The van der Waals surface area contributed by atoms with Crippen molar-refractivity contribution in [2.24, 2.45) is 0 Å². The molecule has 0 bridgehead atoms. The number of phosphoric acid groups is 1. The van der Waals surface area contributed by atoms with Crippen LogP contribution in [-0.4, -0.2) is 0 Å². The molecule has 0 rings (SSSR count). The quantitative estimate of drug-likeness (QED) is 0.335. The van der Waals surface area contributed by atoms with Crippen LogP contribution in [0.4, 0.5) is 0 Å². The number of hydrogen-bond acceptors (Lipinski definition) is 4. The molecule has 6 nitrogen and oxygen atoms in total. The first-order valence-electron chi connectivity index (χ1n) is 0.730. The first kappa shape index (κ1) is 23.5. The largest absolute Gasteiger partial charge is 1.00 e. The Hall–Kier alpha value is 0.549. The second-order valence-corrected chi connectivity index (χ2v) is 1.34. The maximum absolute atomic E-state index is 8.55. The van der Waals surface area contributed by atoms with Gasteiger partial charge in [-0.1, -0.05) is 0 Å². The molecule has 0 saturated heterocycles. The van der Waals surface area contributed by atoms with Gasteiger partial charge in [-0.3, -0.25) is 0 Å². The van der Waals surface area contributed by atoms with E-state index in [9.17, 15) is 0 Å². The van der Waals surface area contributed by atoms with Gasteiger partial charge in [-0.05, 0) is 0 Å². The van der Waals surface area contributed by atoms with Crippen molar-refractivity contribution in [3.05, 3.63) is 0 Å². The average Bonchev–Trinajstić information content (AvgIpc) is 0.722. The minimum Gasteiger partial charge on any atom is -0.822 e. The second kappa shape index (κ2) is 7.55. The Balaban J connectivity index is -0.0000000267. The molecule has 0 spiro atoms. The zero-order valence-corrected chi connectivity index (χ0v) is 6.22. The SMILES string of the molecule is O=P([O-])([O-])[O-].[Cu+].[NH4+].[NH4+]. The number of rotatable bonds is 0. The van der Waals surface area contributed by atoms with E-state index in [2.05, 4.69) is 0 Å². The van der Waals surface area contributed by atoms with Crippen LogP contribution in [0.5, 0.6) is 0 Å². The van der Waals surface area contributed by atoms with E-state index in [0.717, 1.165) is 0 Å². The Morgan fingerprint density at radius 1 is 1.00 bits per heavy atom. The van der Waals surface area contributed by atoms with Gasteiger partial charge in [0.1, 0.15) is 0 Å². The summed E-state index contributed by atoms with van der Waals surface area (Å²) in [6, 6.07) is 0. The molecule has 0 aromatic carbocycles. The van der Waals surface area contributed by atoms with E-state index >= 15 is 0 Å². The molecule has 0 aromatic heterocycles. The van der Waals surface area contributed by atoms with Crippen molar-refractivity contribution in [1.82, 2.24) is 12.3 Å². The predicted octanol–water partition coefficient (Wildman–Crippen LogP) is -2.07. The molecule has 0 atom stereocenters. The molecule has 0 aliphatic carbocycles. The van der Waals surface area contributed by atoms with Crippen molar-refractivity contribution >= 4 is 7.82 Å². The standard InChI is InChI=1S/Cu.2H3N.H3O4P/c;;;1-5(2,3)4/h;2*1H3;(H3,1,2,3,4)/q+1;;;/p-1. The monoisotopic (exact) mass is 194 g/mol. The normalized spacial score (nSPS) is 7.38. The molecule has 0 aromatic rings. The predicted molar refractivity (Wildman–Crippen MR) is 19.6 cm³/mol. The smallest absolute Gasteiger partial charge is 0.822 e. The summed E-state index contributed by atoms with van der Waals surface area (Å²) < 4.78 is 8.55. The Morgan fingerprint density at radius 2 is 1.00 bits per heavy atom. The van der Waals surface area contributed by atoms with E-state index in [1.807, 2.05) is 0 Å².